The minimum Gasteiger partial charge on any atom is -0.365 e. The zero-order chi connectivity index (χ0) is 20.9. The summed E-state index contributed by atoms with van der Waals surface area (Å²) in [6.07, 6.45) is 5.75. The fourth-order valence-electron chi connectivity index (χ4n) is 3.75. The Labute approximate surface area is 177 Å². The number of anilines is 1. The number of nitrogens with zero attached hydrogens (tertiary/aromatic N) is 4. The van der Waals surface area contributed by atoms with E-state index in [1.165, 1.54) is 5.56 Å². The molecule has 1 atom stereocenters. The Balaban J connectivity index is 1.39. The van der Waals surface area contributed by atoms with Crippen LogP contribution in [0.4, 0.5) is 5.82 Å². The number of benzene rings is 1. The average Bonchev–Trinajstić information content (AvgIpc) is 3.25. The van der Waals surface area contributed by atoms with Crippen LogP contribution in [0.15, 0.2) is 54.9 Å². The topological polar surface area (TPSA) is 71.0 Å². The van der Waals surface area contributed by atoms with E-state index in [1.807, 2.05) is 49.1 Å². The van der Waals surface area contributed by atoms with Crippen molar-refractivity contribution < 1.29 is 4.79 Å². The molecule has 0 aliphatic carbocycles. The van der Waals surface area contributed by atoms with Crippen LogP contribution >= 0.6 is 0 Å². The van der Waals surface area contributed by atoms with Crippen LogP contribution in [0, 0.1) is 13.8 Å². The second kappa shape index (κ2) is 9.03. The fraction of sp³-hybridized carbons (Fsp3) is 0.333. The molecule has 1 aliphatic heterocycles. The molecule has 0 saturated carbocycles. The molecule has 1 unspecified atom stereocenters. The molecule has 1 aliphatic rings. The molecule has 1 fully saturated rings. The molecule has 2 aromatic heterocycles. The van der Waals surface area contributed by atoms with Crippen molar-refractivity contribution in [3.63, 3.8) is 0 Å². The Kier molecular flexibility index (Phi) is 6.02. The molecule has 1 N–H and O–H groups in total. The number of aromatic nitrogens is 3. The van der Waals surface area contributed by atoms with Crippen LogP contribution in [0.1, 0.15) is 29.7 Å². The molecule has 4 rings (SSSR count). The van der Waals surface area contributed by atoms with E-state index in [1.54, 1.807) is 12.4 Å². The van der Waals surface area contributed by atoms with Gasteiger partial charge in [0.05, 0.1) is 0 Å². The highest BCUT2D eigenvalue weighted by Gasteiger charge is 2.26. The average molecular weight is 402 g/mol. The van der Waals surface area contributed by atoms with E-state index in [4.69, 9.17) is 4.98 Å². The van der Waals surface area contributed by atoms with Gasteiger partial charge in [-0.3, -0.25) is 9.78 Å². The lowest BCUT2D eigenvalue weighted by atomic mass is 10.1. The molecule has 30 heavy (non-hydrogen) atoms. The Hall–Kier alpha value is -3.28. The number of hydrogen-bond acceptors (Lipinski definition) is 5. The van der Waals surface area contributed by atoms with Gasteiger partial charge in [-0.1, -0.05) is 30.3 Å². The standard InChI is InChI=1S/C24H27N5O/c1-17-18(2)26-24(20-10-13-25-14-11-20)28-23(17)27-21-12-15-29(16-21)22(30)9-8-19-6-4-3-5-7-19/h3-7,10-11,13-14,21H,8-9,12,15-16H2,1-2H3,(H,26,27,28). The van der Waals surface area contributed by atoms with Crippen molar-refractivity contribution in [3.8, 4) is 11.4 Å². The normalized spacial score (nSPS) is 15.9. The minimum atomic E-state index is 0.198. The van der Waals surface area contributed by atoms with Crippen LogP contribution in [0.25, 0.3) is 11.4 Å². The Bertz CT molecular complexity index is 1010. The largest absolute Gasteiger partial charge is 0.365 e. The first-order valence-corrected chi connectivity index (χ1v) is 10.4. The minimum absolute atomic E-state index is 0.198. The fourth-order valence-corrected chi connectivity index (χ4v) is 3.75. The second-order valence-corrected chi connectivity index (χ2v) is 7.80. The van der Waals surface area contributed by atoms with E-state index in [0.717, 1.165) is 42.0 Å². The second-order valence-electron chi connectivity index (χ2n) is 7.80. The first kappa shape index (κ1) is 20.0. The quantitative estimate of drug-likeness (QED) is 0.680. The molecule has 1 amide bonds. The van der Waals surface area contributed by atoms with Crippen molar-refractivity contribution >= 4 is 11.7 Å². The Morgan fingerprint density at radius 1 is 1.10 bits per heavy atom. The summed E-state index contributed by atoms with van der Waals surface area (Å²) in [6, 6.07) is 14.2. The number of amides is 1. The van der Waals surface area contributed by atoms with Crippen LogP contribution in [-0.4, -0.2) is 44.9 Å². The zero-order valence-electron chi connectivity index (χ0n) is 17.5. The molecule has 154 valence electrons. The number of nitrogens with one attached hydrogen (secondary N) is 1. The summed E-state index contributed by atoms with van der Waals surface area (Å²) >= 11 is 0. The lowest BCUT2D eigenvalue weighted by molar-refractivity contribution is -0.130. The molecule has 0 bridgehead atoms. The molecule has 3 heterocycles. The first-order chi connectivity index (χ1) is 14.6. The van der Waals surface area contributed by atoms with E-state index < -0.39 is 0 Å². The van der Waals surface area contributed by atoms with Gasteiger partial charge in [0.15, 0.2) is 5.82 Å². The first-order valence-electron chi connectivity index (χ1n) is 10.4. The molecule has 0 radical (unpaired) electrons. The third-order valence-electron chi connectivity index (χ3n) is 5.68. The summed E-state index contributed by atoms with van der Waals surface area (Å²) in [5.74, 6) is 1.76. The smallest absolute Gasteiger partial charge is 0.222 e. The molecule has 6 heteroatoms. The number of aryl methyl sites for hydroxylation is 2. The summed E-state index contributed by atoms with van der Waals surface area (Å²) in [5.41, 5.74) is 4.14. The predicted octanol–water partition coefficient (Wildman–Crippen LogP) is 3.80. The van der Waals surface area contributed by atoms with Crippen molar-refractivity contribution in [1.29, 1.82) is 0 Å². The Morgan fingerprint density at radius 2 is 1.87 bits per heavy atom. The number of pyridine rings is 1. The number of carbonyl (C=O) groups is 1. The van der Waals surface area contributed by atoms with E-state index in [2.05, 4.69) is 27.4 Å². The van der Waals surface area contributed by atoms with E-state index in [-0.39, 0.29) is 11.9 Å². The molecule has 1 saturated heterocycles. The van der Waals surface area contributed by atoms with Crippen LogP contribution < -0.4 is 5.32 Å². The van der Waals surface area contributed by atoms with Gasteiger partial charge < -0.3 is 10.2 Å². The van der Waals surface area contributed by atoms with Crippen molar-refractivity contribution in [2.24, 2.45) is 0 Å². The summed E-state index contributed by atoms with van der Waals surface area (Å²) in [6.45, 7) is 5.53. The monoisotopic (exact) mass is 401 g/mol. The maximum absolute atomic E-state index is 12.6. The number of likely N-dealkylation sites (tertiary alicyclic amines) is 1. The van der Waals surface area contributed by atoms with Gasteiger partial charge in [-0.2, -0.15) is 0 Å². The number of rotatable bonds is 6. The van der Waals surface area contributed by atoms with Crippen molar-refractivity contribution in [2.75, 3.05) is 18.4 Å². The van der Waals surface area contributed by atoms with Gasteiger partial charge in [0.25, 0.3) is 0 Å². The highest BCUT2D eigenvalue weighted by Crippen LogP contribution is 2.24. The number of hydrogen-bond donors (Lipinski definition) is 1. The van der Waals surface area contributed by atoms with Crippen molar-refractivity contribution in [1.82, 2.24) is 19.9 Å². The highest BCUT2D eigenvalue weighted by atomic mass is 16.2. The van der Waals surface area contributed by atoms with Crippen molar-refractivity contribution in [2.45, 2.75) is 39.2 Å². The molecular weight excluding hydrogens is 374 g/mol. The molecule has 3 aromatic rings. The summed E-state index contributed by atoms with van der Waals surface area (Å²) in [7, 11) is 0. The number of carbonyl (C=O) groups excluding carboxylic acids is 1. The maximum Gasteiger partial charge on any atom is 0.222 e. The van der Waals surface area contributed by atoms with Crippen LogP contribution in [0.2, 0.25) is 0 Å². The van der Waals surface area contributed by atoms with Gasteiger partial charge in [-0.05, 0) is 44.4 Å². The van der Waals surface area contributed by atoms with Gasteiger partial charge in [0.1, 0.15) is 5.82 Å². The predicted molar refractivity (Wildman–Crippen MR) is 118 cm³/mol. The summed E-state index contributed by atoms with van der Waals surface area (Å²) in [5, 5.41) is 3.56. The van der Waals surface area contributed by atoms with Gasteiger partial charge in [0.2, 0.25) is 5.91 Å². The van der Waals surface area contributed by atoms with E-state index in [0.29, 0.717) is 18.8 Å². The van der Waals surface area contributed by atoms with Crippen LogP contribution in [0.5, 0.6) is 0 Å². The van der Waals surface area contributed by atoms with Gasteiger partial charge in [0, 0.05) is 54.8 Å². The van der Waals surface area contributed by atoms with Crippen molar-refractivity contribution in [3.05, 3.63) is 71.7 Å². The lowest BCUT2D eigenvalue weighted by Crippen LogP contribution is -2.32. The SMILES string of the molecule is Cc1nc(-c2ccncc2)nc(NC2CCN(C(=O)CCc3ccccc3)C2)c1C. The lowest BCUT2D eigenvalue weighted by Gasteiger charge is -2.19. The third-order valence-corrected chi connectivity index (χ3v) is 5.68. The van der Waals surface area contributed by atoms with E-state index >= 15 is 0 Å². The Morgan fingerprint density at radius 3 is 2.63 bits per heavy atom. The maximum atomic E-state index is 12.6. The van der Waals surface area contributed by atoms with Gasteiger partial charge in [-0.25, -0.2) is 9.97 Å². The molecule has 1 aromatic carbocycles. The molecule has 0 spiro atoms. The van der Waals surface area contributed by atoms with Crippen LogP contribution in [0.3, 0.4) is 0 Å². The highest BCUT2D eigenvalue weighted by molar-refractivity contribution is 5.77. The van der Waals surface area contributed by atoms with Crippen LogP contribution in [-0.2, 0) is 11.2 Å². The third kappa shape index (κ3) is 4.64. The molecular formula is C24H27N5O. The summed E-state index contributed by atoms with van der Waals surface area (Å²) in [4.78, 5) is 28.1. The van der Waals surface area contributed by atoms with Gasteiger partial charge >= 0.3 is 0 Å². The summed E-state index contributed by atoms with van der Waals surface area (Å²) < 4.78 is 0. The van der Waals surface area contributed by atoms with Gasteiger partial charge in [-0.15, -0.1) is 0 Å². The molecule has 6 nitrogen and oxygen atoms in total. The zero-order valence-corrected chi connectivity index (χ0v) is 17.5. The van der Waals surface area contributed by atoms with E-state index in [9.17, 15) is 4.79 Å².